The monoisotopic (exact) mass is 577 g/mol. The lowest BCUT2D eigenvalue weighted by atomic mass is 9.77. The zero-order valence-corrected chi connectivity index (χ0v) is 23.4. The van der Waals surface area contributed by atoms with Crippen LogP contribution in [0.4, 0.5) is 11.4 Å². The number of aliphatic hydroxyl groups excluding tert-OH is 1. The molecule has 5 atom stereocenters. The molecule has 9 nitrogen and oxygen atoms in total. The van der Waals surface area contributed by atoms with E-state index in [1.54, 1.807) is 40.1 Å². The van der Waals surface area contributed by atoms with E-state index < -0.39 is 29.6 Å². The molecule has 6 rings (SSSR count). The molecule has 1 N–H and O–H groups in total. The van der Waals surface area contributed by atoms with Crippen LogP contribution < -0.4 is 14.5 Å². The van der Waals surface area contributed by atoms with E-state index in [-0.39, 0.29) is 43.8 Å². The number of para-hydroxylation sites is 1. The highest BCUT2D eigenvalue weighted by molar-refractivity contribution is 6.34. The first-order chi connectivity index (χ1) is 19.9. The van der Waals surface area contributed by atoms with E-state index in [1.165, 1.54) is 4.90 Å². The van der Waals surface area contributed by atoms with Crippen LogP contribution in [0.5, 0.6) is 5.75 Å². The molecule has 0 aromatic heterocycles. The second-order valence-corrected chi connectivity index (χ2v) is 11.0. The van der Waals surface area contributed by atoms with Crippen molar-refractivity contribution in [2.75, 3.05) is 42.6 Å². The van der Waals surface area contributed by atoms with Gasteiger partial charge in [-0.2, -0.15) is 0 Å². The summed E-state index contributed by atoms with van der Waals surface area (Å²) in [5.41, 5.74) is -0.137. The Kier molecular flexibility index (Phi) is 7.36. The first-order valence-electron chi connectivity index (χ1n) is 13.9. The standard InChI is InChI=1S/C31H32ClN3O6/c1-2-40-21-13-11-20(12-14-21)33-16-5-10-24-25(28(33)37)26-29(38)35(18-7-19-36)27-30(39)34(17-6-15-31(26,27)41-24)23-9-4-3-8-22(23)32/h3-6,8-15,24-27,36H,2,7,16-19H2,1H3/t24-,25+,26-,27?,31-/m0/s1. The molecule has 0 bridgehead atoms. The molecule has 41 heavy (non-hydrogen) atoms. The minimum absolute atomic E-state index is 0.146. The summed E-state index contributed by atoms with van der Waals surface area (Å²) >= 11 is 6.49. The largest absolute Gasteiger partial charge is 0.494 e. The first kappa shape index (κ1) is 27.5. The summed E-state index contributed by atoms with van der Waals surface area (Å²) in [6, 6.07) is 13.3. The molecule has 4 aliphatic rings. The van der Waals surface area contributed by atoms with Gasteiger partial charge in [0.2, 0.25) is 11.8 Å². The highest BCUT2D eigenvalue weighted by Crippen LogP contribution is 2.54. The van der Waals surface area contributed by atoms with E-state index >= 15 is 0 Å². The van der Waals surface area contributed by atoms with E-state index in [9.17, 15) is 19.5 Å². The van der Waals surface area contributed by atoms with Crippen LogP contribution in [-0.4, -0.2) is 78.3 Å². The topological polar surface area (TPSA) is 99.6 Å². The number of carbonyl (C=O) groups is 3. The fourth-order valence-corrected chi connectivity index (χ4v) is 6.86. The summed E-state index contributed by atoms with van der Waals surface area (Å²) in [6.45, 7) is 3.00. The molecule has 2 aromatic carbocycles. The Morgan fingerprint density at radius 2 is 1.76 bits per heavy atom. The molecule has 2 saturated heterocycles. The quantitative estimate of drug-likeness (QED) is 0.508. The molecule has 2 fully saturated rings. The van der Waals surface area contributed by atoms with Crippen molar-refractivity contribution in [3.8, 4) is 5.75 Å². The summed E-state index contributed by atoms with van der Waals surface area (Å²) < 4.78 is 12.2. The van der Waals surface area contributed by atoms with Crippen molar-refractivity contribution >= 4 is 40.7 Å². The Morgan fingerprint density at radius 3 is 2.49 bits per heavy atom. The van der Waals surface area contributed by atoms with Gasteiger partial charge < -0.3 is 29.3 Å². The Bertz CT molecular complexity index is 1410. The number of fused-ring (bicyclic) bond motifs is 2. The number of anilines is 2. The van der Waals surface area contributed by atoms with E-state index in [1.807, 2.05) is 49.4 Å². The summed E-state index contributed by atoms with van der Waals surface area (Å²) in [7, 11) is 0. The second kappa shape index (κ2) is 11.0. The summed E-state index contributed by atoms with van der Waals surface area (Å²) in [4.78, 5) is 47.5. The molecule has 1 unspecified atom stereocenters. The maximum atomic E-state index is 14.3. The summed E-state index contributed by atoms with van der Waals surface area (Å²) in [6.07, 6.45) is 6.93. The van der Waals surface area contributed by atoms with Crippen molar-refractivity contribution in [1.82, 2.24) is 4.90 Å². The van der Waals surface area contributed by atoms with Crippen LogP contribution >= 0.6 is 11.6 Å². The Morgan fingerprint density at radius 1 is 1.00 bits per heavy atom. The Labute approximate surface area is 243 Å². The molecule has 4 heterocycles. The Hall–Kier alpha value is -3.66. The lowest BCUT2D eigenvalue weighted by Crippen LogP contribution is -2.55. The number of likely N-dealkylation sites (tertiary alicyclic amines) is 1. The third-order valence-electron chi connectivity index (χ3n) is 8.32. The number of benzene rings is 2. The molecule has 0 aliphatic carbocycles. The van der Waals surface area contributed by atoms with Crippen molar-refractivity contribution in [3.63, 3.8) is 0 Å². The number of carbonyl (C=O) groups excluding carboxylic acids is 3. The van der Waals surface area contributed by atoms with Crippen molar-refractivity contribution in [2.45, 2.75) is 31.1 Å². The van der Waals surface area contributed by atoms with Crippen LogP contribution in [0.15, 0.2) is 72.8 Å². The summed E-state index contributed by atoms with van der Waals surface area (Å²) in [5, 5.41) is 10.0. The molecule has 214 valence electrons. The van der Waals surface area contributed by atoms with Gasteiger partial charge in [0.05, 0.1) is 35.3 Å². The zero-order valence-electron chi connectivity index (χ0n) is 22.7. The lowest BCUT2D eigenvalue weighted by Gasteiger charge is -2.35. The predicted molar refractivity (Wildman–Crippen MR) is 154 cm³/mol. The molecule has 2 aromatic rings. The van der Waals surface area contributed by atoms with Crippen LogP contribution in [0.3, 0.4) is 0 Å². The number of rotatable bonds is 7. The molecule has 10 heteroatoms. The van der Waals surface area contributed by atoms with Crippen molar-refractivity contribution in [2.24, 2.45) is 11.8 Å². The first-order valence-corrected chi connectivity index (χ1v) is 14.3. The third kappa shape index (κ3) is 4.43. The Balaban J connectivity index is 1.40. The number of hydrogen-bond acceptors (Lipinski definition) is 6. The minimum atomic E-state index is -1.35. The second-order valence-electron chi connectivity index (χ2n) is 10.6. The molecular formula is C31H32ClN3O6. The van der Waals surface area contributed by atoms with Crippen LogP contribution in [0.2, 0.25) is 5.02 Å². The van der Waals surface area contributed by atoms with Gasteiger partial charge in [-0.05, 0) is 49.7 Å². The fourth-order valence-electron chi connectivity index (χ4n) is 6.63. The molecule has 3 amide bonds. The molecule has 4 aliphatic heterocycles. The molecule has 1 spiro atoms. The van der Waals surface area contributed by atoms with Crippen molar-refractivity contribution in [3.05, 3.63) is 77.9 Å². The predicted octanol–water partition coefficient (Wildman–Crippen LogP) is 3.21. The fraction of sp³-hybridized carbons (Fsp3) is 0.387. The van der Waals surface area contributed by atoms with Crippen LogP contribution in [0, 0.1) is 11.8 Å². The SMILES string of the molecule is CCOc1ccc(N2CC=C[C@@H]3O[C@]45C=CCN(c6ccccc6Cl)C(=O)C4N(CCCO)C(=O)[C@@H]5[C@@H]3C2=O)cc1. The van der Waals surface area contributed by atoms with Gasteiger partial charge in [-0.25, -0.2) is 0 Å². The number of ether oxygens (including phenoxy) is 2. The van der Waals surface area contributed by atoms with Gasteiger partial charge in [0.25, 0.3) is 5.91 Å². The summed E-state index contributed by atoms with van der Waals surface area (Å²) in [5.74, 6) is -1.95. The van der Waals surface area contributed by atoms with Gasteiger partial charge in [0, 0.05) is 31.9 Å². The molecular weight excluding hydrogens is 546 g/mol. The van der Waals surface area contributed by atoms with Crippen LogP contribution in [0.1, 0.15) is 13.3 Å². The minimum Gasteiger partial charge on any atom is -0.494 e. The van der Waals surface area contributed by atoms with E-state index in [2.05, 4.69) is 0 Å². The maximum absolute atomic E-state index is 14.3. The third-order valence-corrected chi connectivity index (χ3v) is 8.64. The number of nitrogens with zero attached hydrogens (tertiary/aromatic N) is 3. The average Bonchev–Trinajstić information content (AvgIpc) is 3.28. The highest BCUT2D eigenvalue weighted by Gasteiger charge is 2.71. The van der Waals surface area contributed by atoms with Gasteiger partial charge in [-0.15, -0.1) is 0 Å². The van der Waals surface area contributed by atoms with Gasteiger partial charge in [-0.1, -0.05) is 48.0 Å². The van der Waals surface area contributed by atoms with Gasteiger partial charge in [0.15, 0.2) is 0 Å². The normalized spacial score (nSPS) is 28.9. The van der Waals surface area contributed by atoms with Crippen LogP contribution in [-0.2, 0) is 19.1 Å². The van der Waals surface area contributed by atoms with E-state index in [4.69, 9.17) is 21.1 Å². The van der Waals surface area contributed by atoms with E-state index in [0.29, 0.717) is 35.3 Å². The highest BCUT2D eigenvalue weighted by atomic mass is 35.5. The number of aliphatic hydroxyl groups is 1. The molecule has 0 saturated carbocycles. The lowest BCUT2D eigenvalue weighted by molar-refractivity contribution is -0.140. The number of amides is 3. The van der Waals surface area contributed by atoms with Gasteiger partial charge in [0.1, 0.15) is 17.4 Å². The maximum Gasteiger partial charge on any atom is 0.253 e. The van der Waals surface area contributed by atoms with E-state index in [0.717, 1.165) is 0 Å². The van der Waals surface area contributed by atoms with Crippen LogP contribution in [0.25, 0.3) is 0 Å². The van der Waals surface area contributed by atoms with Gasteiger partial charge in [-0.3, -0.25) is 14.4 Å². The molecule has 0 radical (unpaired) electrons. The van der Waals surface area contributed by atoms with Crippen molar-refractivity contribution in [1.29, 1.82) is 0 Å². The van der Waals surface area contributed by atoms with Gasteiger partial charge >= 0.3 is 0 Å². The average molecular weight is 578 g/mol. The number of hydrogen-bond donors (Lipinski definition) is 1. The smallest absolute Gasteiger partial charge is 0.253 e. The van der Waals surface area contributed by atoms with Crippen molar-refractivity contribution < 1.29 is 29.0 Å². The number of halogens is 1. The zero-order chi connectivity index (χ0) is 28.7.